The molecule has 0 saturated carbocycles. The van der Waals surface area contributed by atoms with E-state index in [4.69, 9.17) is 10.2 Å². The molecule has 0 bridgehead atoms. The summed E-state index contributed by atoms with van der Waals surface area (Å²) in [6, 6.07) is 0. The molecular weight excluding hydrogens is 406 g/mol. The summed E-state index contributed by atoms with van der Waals surface area (Å²) in [5.41, 5.74) is 0. The van der Waals surface area contributed by atoms with E-state index in [0.29, 0.717) is 0 Å². The van der Waals surface area contributed by atoms with E-state index in [1.54, 1.807) is 0 Å². The van der Waals surface area contributed by atoms with Crippen LogP contribution in [0.1, 0.15) is 22.8 Å². The number of carboxylic acid groups (broad SMARTS) is 2. The molecule has 0 aromatic carbocycles. The predicted molar refractivity (Wildman–Crippen MR) is 87.4 cm³/mol. The average molecular weight is 424 g/mol. The maximum atomic E-state index is 9.86. The molecule has 7 nitrogen and oxygen atoms in total. The first-order valence-electron chi connectivity index (χ1n) is 1.88. The normalized spacial score (nSPS) is 4.44. The van der Waals surface area contributed by atoms with Crippen molar-refractivity contribution in [3.63, 3.8) is 0 Å². The monoisotopic (exact) mass is 422 g/mol. The Labute approximate surface area is 311 Å². The topological polar surface area (TPSA) is 110 Å². The van der Waals surface area contributed by atoms with Crippen LogP contribution in [0.25, 0.3) is 0 Å². The molecule has 88 valence electrons. The quantitative estimate of drug-likeness (QED) is 0.300. The Morgan fingerprint density at radius 3 is 0.944 bits per heavy atom. The van der Waals surface area contributed by atoms with Crippen molar-refractivity contribution >= 4 is 262 Å². The third-order valence-corrected chi connectivity index (χ3v) is 0.341. The molecule has 0 aliphatic heterocycles. The van der Waals surface area contributed by atoms with Crippen molar-refractivity contribution < 1.29 is 56.9 Å². The van der Waals surface area contributed by atoms with E-state index in [0.717, 1.165) is 0 Å². The predicted octanol–water partition coefficient (Wildman–Crippen LogP) is -0.751. The largest absolute Gasteiger partial charge is 2.00 e. The minimum atomic E-state index is -1.92. The van der Waals surface area contributed by atoms with Crippen LogP contribution in [-0.4, -0.2) is 272 Å². The third kappa shape index (κ3) is 49.5. The first-order chi connectivity index (χ1) is 4.52. The first-order valence-corrected chi connectivity index (χ1v) is 1.88. The van der Waals surface area contributed by atoms with E-state index in [9.17, 15) is 14.4 Å². The Balaban J connectivity index is -0.00000000147. The van der Waals surface area contributed by atoms with Crippen LogP contribution in [0.3, 0.4) is 0 Å². The fraction of sp³-hybridized carbons (Fsp3) is 0. The van der Waals surface area contributed by atoms with E-state index in [2.05, 4.69) is 9.47 Å². The van der Waals surface area contributed by atoms with Crippen LogP contribution in [0, 0.1) is 0 Å². The molecule has 0 aliphatic rings. The summed E-state index contributed by atoms with van der Waals surface area (Å²) in [5, 5.41) is 15.4. The molecule has 0 saturated heterocycles. The van der Waals surface area contributed by atoms with Gasteiger partial charge in [-0.15, -0.1) is 0 Å². The Kier molecular flexibility index (Phi) is 121. The summed E-state index contributed by atoms with van der Waals surface area (Å²) in [5.74, 6) is 0. The molecule has 15 heteroatoms. The van der Waals surface area contributed by atoms with Gasteiger partial charge < -0.3 is 42.5 Å². The fourth-order valence-electron chi connectivity index (χ4n) is 0.163. The van der Waals surface area contributed by atoms with Crippen molar-refractivity contribution in [1.29, 1.82) is 0 Å². The van der Waals surface area contributed by atoms with Gasteiger partial charge in [-0.25, -0.2) is 14.4 Å². The number of rotatable bonds is 0. The van der Waals surface area contributed by atoms with Gasteiger partial charge in [-0.05, 0) is 0 Å². The number of hydrogen-bond acceptors (Lipinski definition) is 5. The molecule has 0 heterocycles. The maximum Gasteiger partial charge on any atom is 2.00 e. The molecule has 0 atom stereocenters. The van der Waals surface area contributed by atoms with Crippen molar-refractivity contribution in [2.75, 3.05) is 0 Å². The second-order valence-corrected chi connectivity index (χ2v) is 0.986. The molecular formula is C3H18Ca4Mg4O7. The zero-order chi connectivity index (χ0) is 8.15. The van der Waals surface area contributed by atoms with Crippen LogP contribution < -0.4 is 0 Å². The zero-order valence-corrected chi connectivity index (χ0v) is 24.6. The Hall–Kier alpha value is 6.31. The Bertz CT molecular complexity index is 211. The van der Waals surface area contributed by atoms with Gasteiger partial charge in [-0.1, -0.05) is 0 Å². The summed E-state index contributed by atoms with van der Waals surface area (Å²) < 4.78 is 6.47. The first kappa shape index (κ1) is 56.4. The van der Waals surface area contributed by atoms with E-state index in [-0.39, 0.29) is 266 Å². The van der Waals surface area contributed by atoms with Crippen molar-refractivity contribution in [3.05, 3.63) is 0 Å². The van der Waals surface area contributed by atoms with Crippen LogP contribution in [0.4, 0.5) is 14.4 Å². The molecule has 2 N–H and O–H groups in total. The smallest absolute Gasteiger partial charge is 1.00 e. The summed E-state index contributed by atoms with van der Waals surface area (Å²) in [4.78, 5) is 28.8. The second kappa shape index (κ2) is 38.7. The second-order valence-electron chi connectivity index (χ2n) is 0.986. The van der Waals surface area contributed by atoms with Crippen LogP contribution >= 0.6 is 0 Å². The van der Waals surface area contributed by atoms with Crippen molar-refractivity contribution in [3.8, 4) is 0 Å². The van der Waals surface area contributed by atoms with Gasteiger partial charge in [-0.2, -0.15) is 0 Å². The molecule has 0 amide bonds. The zero-order valence-electron chi connectivity index (χ0n) is 26.1. The molecule has 0 aliphatic carbocycles. The van der Waals surface area contributed by atoms with E-state index in [1.165, 1.54) is 0 Å². The van der Waals surface area contributed by atoms with E-state index in [1.807, 2.05) is 0 Å². The Morgan fingerprint density at radius 2 is 0.833 bits per heavy atom. The van der Waals surface area contributed by atoms with Gasteiger partial charge >= 0.3 is 262 Å². The average Bonchev–Trinajstić information content (AvgIpc) is 1.58. The molecule has 0 spiro atoms. The molecule has 0 unspecified atom stereocenters. The van der Waals surface area contributed by atoms with Gasteiger partial charge in [0.25, 0.3) is 0 Å². The third-order valence-electron chi connectivity index (χ3n) is 0.341. The maximum absolute atomic E-state index is 9.86. The van der Waals surface area contributed by atoms with Crippen molar-refractivity contribution in [2.24, 2.45) is 0 Å². The van der Waals surface area contributed by atoms with E-state index < -0.39 is 18.5 Å². The summed E-state index contributed by atoms with van der Waals surface area (Å²) >= 11 is 0. The van der Waals surface area contributed by atoms with Crippen molar-refractivity contribution in [2.45, 2.75) is 0 Å². The van der Waals surface area contributed by atoms with Gasteiger partial charge in [0.2, 0.25) is 0 Å². The molecule has 0 fully saturated rings. The molecule has 0 aromatic heterocycles. The number of carbonyl (C=O) groups excluding carboxylic acids is 1. The van der Waals surface area contributed by atoms with Crippen LogP contribution in [-0.2, 0) is 9.47 Å². The molecule has 0 rings (SSSR count). The number of hydrogen-bond donors (Lipinski definition) is 2. The van der Waals surface area contributed by atoms with Gasteiger partial charge in [0, 0.05) is 0 Å². The minimum Gasteiger partial charge on any atom is -1.00 e. The van der Waals surface area contributed by atoms with Crippen LogP contribution in [0.15, 0.2) is 0 Å². The molecule has 18 heavy (non-hydrogen) atoms. The summed E-state index contributed by atoms with van der Waals surface area (Å²) in [6.45, 7) is 0. The standard InChI is InChI=1S/C3H2O7.4Ca.4Mg.16H/c4-1(5)9-3(8)10-2(6)7;;;;;;;;;;;;;;;;;;;;;;;;/h(H,4,5)(H,6,7);;;;;;;;;;;;;;;;;;;;;;;;/q;8*+2;16*-1. The van der Waals surface area contributed by atoms with Crippen molar-refractivity contribution in [1.82, 2.24) is 0 Å². The fourth-order valence-corrected chi connectivity index (χ4v) is 0.163. The summed E-state index contributed by atoms with van der Waals surface area (Å²) in [7, 11) is 0. The van der Waals surface area contributed by atoms with E-state index >= 15 is 0 Å². The summed E-state index contributed by atoms with van der Waals surface area (Å²) in [6.07, 6.45) is -5.64. The van der Waals surface area contributed by atoms with Gasteiger partial charge in [0.1, 0.15) is 0 Å². The molecule has 0 radical (unpaired) electrons. The van der Waals surface area contributed by atoms with Crippen LogP contribution in [0.5, 0.6) is 0 Å². The van der Waals surface area contributed by atoms with Gasteiger partial charge in [0.05, 0.1) is 0 Å². The SMILES string of the molecule is O=C(O)OC(=O)OC(=O)O.[Ca+2].[Ca+2].[Ca+2].[Ca+2].[H-].[H-].[H-].[H-].[H-].[H-].[H-].[H-].[H-].[H-].[H-].[H-].[H-].[H-].[H-].[H-].[Mg+2].[Mg+2].[Mg+2].[Mg+2]. The number of ether oxygens (including phenoxy) is 2. The minimum absolute atomic E-state index is 0. The Morgan fingerprint density at radius 1 is 0.667 bits per heavy atom. The number of carbonyl (C=O) groups is 3. The van der Waals surface area contributed by atoms with Gasteiger partial charge in [-0.3, -0.25) is 0 Å². The molecule has 0 aromatic rings. The van der Waals surface area contributed by atoms with Gasteiger partial charge in [0.15, 0.2) is 0 Å². The van der Waals surface area contributed by atoms with Crippen LogP contribution in [0.2, 0.25) is 0 Å².